The lowest BCUT2D eigenvalue weighted by molar-refractivity contribution is 0.107. The van der Waals surface area contributed by atoms with E-state index in [4.69, 9.17) is 0 Å². The third-order valence-electron chi connectivity index (χ3n) is 4.56. The number of aryl methyl sites for hydroxylation is 3. The molecule has 0 fully saturated rings. The van der Waals surface area contributed by atoms with Gasteiger partial charge in [-0.05, 0) is 43.0 Å². The molecular weight excluding hydrogens is 339 g/mol. The van der Waals surface area contributed by atoms with Gasteiger partial charge in [-0.15, -0.1) is 0 Å². The first-order valence-corrected chi connectivity index (χ1v) is 10.0. The van der Waals surface area contributed by atoms with E-state index in [0.29, 0.717) is 5.56 Å². The van der Waals surface area contributed by atoms with Crippen molar-refractivity contribution in [3.63, 3.8) is 0 Å². The Labute approximate surface area is 155 Å². The summed E-state index contributed by atoms with van der Waals surface area (Å²) in [5, 5.41) is 0. The number of carbonyl (C=O) groups excluding carboxylic acids is 1. The molecule has 1 atom stereocenters. The van der Waals surface area contributed by atoms with Gasteiger partial charge in [0.15, 0.2) is 7.80 Å². The average Bonchev–Trinajstić information content (AvgIpc) is 2.62. The molecule has 3 heteroatoms. The highest BCUT2D eigenvalue weighted by atomic mass is 31.1. The van der Waals surface area contributed by atoms with Crippen molar-refractivity contribution in [3.8, 4) is 0 Å². The summed E-state index contributed by atoms with van der Waals surface area (Å²) < 4.78 is 13.4. The highest BCUT2D eigenvalue weighted by Crippen LogP contribution is 2.48. The second-order valence-corrected chi connectivity index (χ2v) is 8.20. The van der Waals surface area contributed by atoms with Gasteiger partial charge in [0.05, 0.1) is 5.66 Å². The summed E-state index contributed by atoms with van der Waals surface area (Å²) in [6.07, 6.45) is 0. The van der Waals surface area contributed by atoms with Gasteiger partial charge in [-0.3, -0.25) is 9.36 Å². The molecule has 3 aromatic carbocycles. The van der Waals surface area contributed by atoms with E-state index in [9.17, 15) is 9.36 Å². The molecule has 1 radical (unpaired) electrons. The van der Waals surface area contributed by atoms with Crippen molar-refractivity contribution in [2.24, 2.45) is 0 Å². The molecule has 0 aliphatic heterocycles. The van der Waals surface area contributed by atoms with Crippen molar-refractivity contribution in [2.75, 3.05) is 0 Å². The molecule has 0 saturated carbocycles. The van der Waals surface area contributed by atoms with Crippen molar-refractivity contribution in [2.45, 2.75) is 26.4 Å². The van der Waals surface area contributed by atoms with Crippen LogP contribution in [0.2, 0.25) is 0 Å². The number of hydrogen-bond donors (Lipinski definition) is 0. The van der Waals surface area contributed by atoms with Crippen LogP contribution in [0.25, 0.3) is 0 Å². The summed E-state index contributed by atoms with van der Waals surface area (Å²) in [5.41, 5.74) is 4.55. The summed E-state index contributed by atoms with van der Waals surface area (Å²) in [5.74, 6) is 0. The molecule has 1 unspecified atom stereocenters. The van der Waals surface area contributed by atoms with E-state index in [-0.39, 0.29) is 5.52 Å². The summed E-state index contributed by atoms with van der Waals surface area (Å²) in [6.45, 7) is 5.83. The fourth-order valence-electron chi connectivity index (χ4n) is 3.48. The van der Waals surface area contributed by atoms with Gasteiger partial charge in [-0.2, -0.15) is 0 Å². The summed E-state index contributed by atoms with van der Waals surface area (Å²) in [7, 11) is -2.16. The SMILES string of the molecule is Cc1cc(C)c(C(=O)[P](=O)C(c2ccccc2)c2ccccc2)c(C)c1. The maximum atomic E-state index is 13.4. The van der Waals surface area contributed by atoms with Gasteiger partial charge in [0.2, 0.25) is 5.52 Å². The first kappa shape index (κ1) is 18.2. The predicted molar refractivity (Wildman–Crippen MR) is 107 cm³/mol. The van der Waals surface area contributed by atoms with E-state index in [1.165, 1.54) is 0 Å². The zero-order chi connectivity index (χ0) is 18.7. The van der Waals surface area contributed by atoms with Gasteiger partial charge >= 0.3 is 0 Å². The van der Waals surface area contributed by atoms with E-state index in [1.54, 1.807) is 0 Å². The van der Waals surface area contributed by atoms with Gasteiger partial charge in [-0.25, -0.2) is 0 Å². The van der Waals surface area contributed by atoms with Crippen LogP contribution in [-0.4, -0.2) is 5.52 Å². The van der Waals surface area contributed by atoms with E-state index in [0.717, 1.165) is 27.8 Å². The fraction of sp³-hybridized carbons (Fsp3) is 0.174. The highest BCUT2D eigenvalue weighted by molar-refractivity contribution is 7.65. The molecule has 26 heavy (non-hydrogen) atoms. The van der Waals surface area contributed by atoms with Crippen LogP contribution >= 0.6 is 7.80 Å². The molecule has 0 aromatic heterocycles. The Kier molecular flexibility index (Phi) is 5.44. The smallest absolute Gasteiger partial charge is 0.243 e. The quantitative estimate of drug-likeness (QED) is 0.495. The molecule has 2 nitrogen and oxygen atoms in total. The van der Waals surface area contributed by atoms with E-state index < -0.39 is 13.5 Å². The Bertz CT molecular complexity index is 884. The molecule has 0 saturated heterocycles. The minimum atomic E-state index is -2.16. The zero-order valence-corrected chi connectivity index (χ0v) is 16.2. The zero-order valence-electron chi connectivity index (χ0n) is 15.3. The number of hydrogen-bond acceptors (Lipinski definition) is 2. The molecule has 0 N–H and O–H groups in total. The molecule has 3 aromatic rings. The predicted octanol–water partition coefficient (Wildman–Crippen LogP) is 6.37. The first-order valence-electron chi connectivity index (χ1n) is 8.67. The molecular formula is C23H22O2P. The normalized spacial score (nSPS) is 11.5. The second-order valence-electron chi connectivity index (χ2n) is 6.63. The number of carbonyl (C=O) groups is 1. The lowest BCUT2D eigenvalue weighted by atomic mass is 10.0. The largest absolute Gasteiger partial charge is 0.281 e. The fourth-order valence-corrected chi connectivity index (χ4v) is 5.17. The minimum Gasteiger partial charge on any atom is -0.281 e. The van der Waals surface area contributed by atoms with Crippen LogP contribution in [0.5, 0.6) is 0 Å². The maximum absolute atomic E-state index is 13.4. The van der Waals surface area contributed by atoms with E-state index in [1.807, 2.05) is 93.6 Å². The van der Waals surface area contributed by atoms with Crippen molar-refractivity contribution >= 4 is 13.3 Å². The summed E-state index contributed by atoms with van der Waals surface area (Å²) >= 11 is 0. The number of benzene rings is 3. The van der Waals surface area contributed by atoms with Crippen LogP contribution in [0.3, 0.4) is 0 Å². The molecule has 131 valence electrons. The Morgan fingerprint density at radius 2 is 1.19 bits per heavy atom. The summed E-state index contributed by atoms with van der Waals surface area (Å²) in [6, 6.07) is 23.2. The number of rotatable bonds is 5. The molecule has 0 aliphatic rings. The topological polar surface area (TPSA) is 34.1 Å². The van der Waals surface area contributed by atoms with Gasteiger partial charge in [0.1, 0.15) is 0 Å². The maximum Gasteiger partial charge on any atom is 0.243 e. The first-order chi connectivity index (χ1) is 12.5. The van der Waals surface area contributed by atoms with Crippen LogP contribution in [0.15, 0.2) is 72.8 Å². The van der Waals surface area contributed by atoms with Crippen molar-refractivity contribution < 1.29 is 9.36 Å². The van der Waals surface area contributed by atoms with E-state index in [2.05, 4.69) is 0 Å². The molecule has 3 rings (SSSR count). The molecule has 0 amide bonds. The van der Waals surface area contributed by atoms with E-state index >= 15 is 0 Å². The lowest BCUT2D eigenvalue weighted by Gasteiger charge is -2.18. The Balaban J connectivity index is 2.08. The second kappa shape index (κ2) is 7.76. The lowest BCUT2D eigenvalue weighted by Crippen LogP contribution is -2.06. The van der Waals surface area contributed by atoms with Crippen LogP contribution in [0.4, 0.5) is 0 Å². The summed E-state index contributed by atoms with van der Waals surface area (Å²) in [4.78, 5) is 13.2. The van der Waals surface area contributed by atoms with Crippen LogP contribution < -0.4 is 0 Å². The third kappa shape index (κ3) is 3.66. The molecule has 0 aliphatic carbocycles. The average molecular weight is 361 g/mol. The third-order valence-corrected chi connectivity index (χ3v) is 6.25. The Morgan fingerprint density at radius 1 is 0.769 bits per heavy atom. The molecule has 0 spiro atoms. The Morgan fingerprint density at radius 3 is 1.62 bits per heavy atom. The van der Waals surface area contributed by atoms with Gasteiger partial charge in [0.25, 0.3) is 0 Å². The van der Waals surface area contributed by atoms with Gasteiger partial charge < -0.3 is 0 Å². The highest BCUT2D eigenvalue weighted by Gasteiger charge is 2.30. The monoisotopic (exact) mass is 361 g/mol. The van der Waals surface area contributed by atoms with Crippen molar-refractivity contribution in [1.82, 2.24) is 0 Å². The molecule has 0 bridgehead atoms. The van der Waals surface area contributed by atoms with Crippen molar-refractivity contribution in [1.29, 1.82) is 0 Å². The van der Waals surface area contributed by atoms with Crippen molar-refractivity contribution in [3.05, 3.63) is 106 Å². The van der Waals surface area contributed by atoms with Gasteiger partial charge in [-0.1, -0.05) is 78.4 Å². The van der Waals surface area contributed by atoms with Crippen LogP contribution in [-0.2, 0) is 4.57 Å². The Hall–Kier alpha value is -2.57. The van der Waals surface area contributed by atoms with Gasteiger partial charge in [0, 0.05) is 5.56 Å². The minimum absolute atomic E-state index is 0.271. The van der Waals surface area contributed by atoms with Crippen LogP contribution in [0, 0.1) is 20.8 Å². The standard InChI is InChI=1S/C23H22O2P/c1-16-14-17(2)21(18(3)15-16)23(24)26(25)22(19-10-6-4-7-11-19)20-12-8-5-9-13-20/h4-15,22H,1-3H3. The van der Waals surface area contributed by atoms with Crippen LogP contribution in [0.1, 0.15) is 43.8 Å². The molecule has 0 heterocycles.